The van der Waals surface area contributed by atoms with Gasteiger partial charge >= 0.3 is 0 Å². The second kappa shape index (κ2) is 4.37. The Kier molecular flexibility index (Phi) is 2.84. The number of carbonyl (C=O) groups is 1. The van der Waals surface area contributed by atoms with Crippen LogP contribution in [0.4, 0.5) is 0 Å². The van der Waals surface area contributed by atoms with E-state index in [0.717, 1.165) is 23.6 Å². The minimum absolute atomic E-state index is 0.239. The molecule has 3 rings (SSSR count). The number of aromatic nitrogens is 1. The van der Waals surface area contributed by atoms with Crippen molar-refractivity contribution >= 4 is 29.0 Å². The molecule has 1 amide bonds. The van der Waals surface area contributed by atoms with Gasteiger partial charge in [0.05, 0.1) is 5.69 Å². The molecule has 1 aromatic heterocycles. The Morgan fingerprint density at radius 1 is 1.44 bits per heavy atom. The molecule has 5 heteroatoms. The molecule has 2 aromatic rings. The number of nitrogens with zero attached hydrogens (tertiary/aromatic N) is 1. The largest absolute Gasteiger partial charge is 0.365 e. The Morgan fingerprint density at radius 2 is 2.28 bits per heavy atom. The fraction of sp³-hybridized carbons (Fsp3) is 0.231. The maximum Gasteiger partial charge on any atom is 0.260 e. The molecular formula is C13H11ClN2OS. The molecule has 1 aliphatic carbocycles. The van der Waals surface area contributed by atoms with Crippen molar-refractivity contribution in [3.63, 3.8) is 0 Å². The first kappa shape index (κ1) is 11.7. The first-order valence-corrected chi connectivity index (χ1v) is 6.85. The molecule has 1 heterocycles. The van der Waals surface area contributed by atoms with Crippen LogP contribution in [-0.4, -0.2) is 10.3 Å². The van der Waals surface area contributed by atoms with Crippen molar-refractivity contribution in [2.75, 3.05) is 0 Å². The van der Waals surface area contributed by atoms with Gasteiger partial charge in [0.2, 0.25) is 0 Å². The molecule has 0 saturated carbocycles. The van der Waals surface area contributed by atoms with E-state index < -0.39 is 5.91 Å². The summed E-state index contributed by atoms with van der Waals surface area (Å²) in [4.78, 5) is 11.6. The smallest absolute Gasteiger partial charge is 0.260 e. The van der Waals surface area contributed by atoms with E-state index in [9.17, 15) is 4.79 Å². The molecule has 0 saturated heterocycles. The van der Waals surface area contributed by atoms with Gasteiger partial charge in [-0.05, 0) is 53.7 Å². The molecule has 0 fully saturated rings. The molecule has 0 spiro atoms. The lowest BCUT2D eigenvalue weighted by Crippen LogP contribution is -2.08. The van der Waals surface area contributed by atoms with Gasteiger partial charge in [-0.25, -0.2) is 0 Å². The number of amides is 1. The number of carbonyl (C=O) groups excluding carboxylic acids is 1. The van der Waals surface area contributed by atoms with Crippen LogP contribution in [0.5, 0.6) is 0 Å². The minimum Gasteiger partial charge on any atom is -0.365 e. The maximum absolute atomic E-state index is 11.1. The average Bonchev–Trinajstić information content (AvgIpc) is 2.93. The number of hydrogen-bond donors (Lipinski definition) is 1. The van der Waals surface area contributed by atoms with Gasteiger partial charge in [-0.15, -0.1) is 0 Å². The normalized spacial score (nSPS) is 17.7. The number of fused-ring (bicyclic) bond motifs is 1. The summed E-state index contributed by atoms with van der Waals surface area (Å²) in [6.07, 6.45) is 2.04. The third-order valence-corrected chi connectivity index (χ3v) is 4.37. The van der Waals surface area contributed by atoms with Crippen molar-refractivity contribution in [2.45, 2.75) is 18.8 Å². The SMILES string of the molecule is NC(=O)c1cc([C@@H]2CCc3ccc(Cl)cc32)ns1. The lowest BCUT2D eigenvalue weighted by molar-refractivity contribution is 0.100. The average molecular weight is 279 g/mol. The number of halogens is 1. The van der Waals surface area contributed by atoms with E-state index >= 15 is 0 Å². The highest BCUT2D eigenvalue weighted by Gasteiger charge is 2.26. The first-order chi connectivity index (χ1) is 8.65. The third-order valence-electron chi connectivity index (χ3n) is 3.31. The van der Waals surface area contributed by atoms with Gasteiger partial charge in [-0.1, -0.05) is 17.7 Å². The van der Waals surface area contributed by atoms with E-state index in [2.05, 4.69) is 10.4 Å². The highest BCUT2D eigenvalue weighted by molar-refractivity contribution is 7.08. The monoisotopic (exact) mass is 278 g/mol. The Bertz CT molecular complexity index is 623. The second-order valence-corrected chi connectivity index (χ2v) is 5.66. The fourth-order valence-corrected chi connectivity index (χ4v) is 3.28. The van der Waals surface area contributed by atoms with Crippen molar-refractivity contribution in [1.29, 1.82) is 0 Å². The zero-order valence-electron chi connectivity index (χ0n) is 9.52. The van der Waals surface area contributed by atoms with Crippen LogP contribution in [0.25, 0.3) is 0 Å². The molecule has 1 aromatic carbocycles. The minimum atomic E-state index is -0.414. The van der Waals surface area contributed by atoms with Gasteiger partial charge in [0.15, 0.2) is 0 Å². The van der Waals surface area contributed by atoms with E-state index in [1.54, 1.807) is 6.07 Å². The predicted molar refractivity (Wildman–Crippen MR) is 72.2 cm³/mol. The van der Waals surface area contributed by atoms with Crippen LogP contribution in [0.2, 0.25) is 5.02 Å². The lowest BCUT2D eigenvalue weighted by Gasteiger charge is -2.08. The van der Waals surface area contributed by atoms with Gasteiger partial charge in [0.25, 0.3) is 5.91 Å². The van der Waals surface area contributed by atoms with Crippen LogP contribution in [0, 0.1) is 0 Å². The molecule has 0 aliphatic heterocycles. The van der Waals surface area contributed by atoms with Crippen molar-refractivity contribution in [2.24, 2.45) is 5.73 Å². The van der Waals surface area contributed by atoms with Gasteiger partial charge in [-0.2, -0.15) is 4.37 Å². The summed E-state index contributed by atoms with van der Waals surface area (Å²) in [5, 5.41) is 0.742. The molecule has 2 N–H and O–H groups in total. The second-order valence-electron chi connectivity index (χ2n) is 4.41. The third kappa shape index (κ3) is 1.91. The predicted octanol–water partition coefficient (Wildman–Crippen LogP) is 2.97. The first-order valence-electron chi connectivity index (χ1n) is 5.70. The van der Waals surface area contributed by atoms with Crippen LogP contribution >= 0.6 is 23.1 Å². The van der Waals surface area contributed by atoms with E-state index in [1.807, 2.05) is 12.1 Å². The zero-order chi connectivity index (χ0) is 12.7. The summed E-state index contributed by atoms with van der Waals surface area (Å²) in [5.41, 5.74) is 8.72. The van der Waals surface area contributed by atoms with Gasteiger partial charge < -0.3 is 5.73 Å². The Balaban J connectivity index is 2.00. The van der Waals surface area contributed by atoms with Crippen LogP contribution in [0.3, 0.4) is 0 Å². The standard InChI is InChI=1S/C13H11ClN2OS/c14-8-3-1-7-2-4-9(10(7)5-8)11-6-12(13(15)17)18-16-11/h1,3,5-6,9H,2,4H2,(H2,15,17)/t9-/m1/s1. The summed E-state index contributed by atoms with van der Waals surface area (Å²) in [7, 11) is 0. The van der Waals surface area contributed by atoms with Gasteiger partial charge in [0.1, 0.15) is 4.88 Å². The summed E-state index contributed by atoms with van der Waals surface area (Å²) in [5.74, 6) is -0.175. The zero-order valence-corrected chi connectivity index (χ0v) is 11.1. The van der Waals surface area contributed by atoms with Crippen LogP contribution in [-0.2, 0) is 6.42 Å². The maximum atomic E-state index is 11.1. The fourth-order valence-electron chi connectivity index (χ4n) is 2.45. The number of primary amides is 1. The van der Waals surface area contributed by atoms with E-state index in [4.69, 9.17) is 17.3 Å². The Hall–Kier alpha value is -1.39. The Morgan fingerprint density at radius 3 is 3.00 bits per heavy atom. The summed E-state index contributed by atoms with van der Waals surface area (Å²) in [6, 6.07) is 7.78. The number of rotatable bonds is 2. The molecule has 18 heavy (non-hydrogen) atoms. The highest BCUT2D eigenvalue weighted by atomic mass is 35.5. The molecular weight excluding hydrogens is 268 g/mol. The summed E-state index contributed by atoms with van der Waals surface area (Å²) in [6.45, 7) is 0. The molecule has 92 valence electrons. The number of aryl methyl sites for hydroxylation is 1. The van der Waals surface area contributed by atoms with Crippen molar-refractivity contribution in [1.82, 2.24) is 4.37 Å². The van der Waals surface area contributed by atoms with Crippen molar-refractivity contribution in [3.05, 3.63) is 51.0 Å². The molecule has 0 unspecified atom stereocenters. The number of benzene rings is 1. The van der Waals surface area contributed by atoms with E-state index in [-0.39, 0.29) is 5.92 Å². The van der Waals surface area contributed by atoms with Crippen LogP contribution in [0.15, 0.2) is 24.3 Å². The van der Waals surface area contributed by atoms with Crippen molar-refractivity contribution < 1.29 is 4.79 Å². The van der Waals surface area contributed by atoms with Gasteiger partial charge in [-0.3, -0.25) is 4.79 Å². The van der Waals surface area contributed by atoms with Gasteiger partial charge in [0, 0.05) is 10.9 Å². The topological polar surface area (TPSA) is 56.0 Å². The van der Waals surface area contributed by atoms with E-state index in [1.165, 1.54) is 22.7 Å². The van der Waals surface area contributed by atoms with Crippen LogP contribution < -0.4 is 5.73 Å². The number of hydrogen-bond acceptors (Lipinski definition) is 3. The molecule has 0 bridgehead atoms. The summed E-state index contributed by atoms with van der Waals surface area (Å²) < 4.78 is 4.35. The molecule has 3 nitrogen and oxygen atoms in total. The van der Waals surface area contributed by atoms with Crippen molar-refractivity contribution in [3.8, 4) is 0 Å². The Labute approximate surface area is 114 Å². The quantitative estimate of drug-likeness (QED) is 0.918. The number of nitrogens with two attached hydrogens (primary N) is 1. The van der Waals surface area contributed by atoms with Crippen LogP contribution in [0.1, 0.15) is 38.8 Å². The van der Waals surface area contributed by atoms with E-state index in [0.29, 0.717) is 4.88 Å². The molecule has 0 radical (unpaired) electrons. The lowest BCUT2D eigenvalue weighted by atomic mass is 9.98. The molecule has 1 aliphatic rings. The molecule has 1 atom stereocenters. The summed E-state index contributed by atoms with van der Waals surface area (Å²) >= 11 is 7.21. The highest BCUT2D eigenvalue weighted by Crippen LogP contribution is 2.39.